The van der Waals surface area contributed by atoms with Gasteiger partial charge in [-0.3, -0.25) is 4.57 Å². The topological polar surface area (TPSA) is 48.5 Å². The highest BCUT2D eigenvalue weighted by molar-refractivity contribution is 6.28. The second kappa shape index (κ2) is 12.8. The summed E-state index contributed by atoms with van der Waals surface area (Å²) in [5, 5.41) is 4.81. The molecular weight excluding hydrogens is 707 g/mol. The summed E-state index contributed by atoms with van der Waals surface area (Å²) < 4.78 is 4.71. The molecule has 5 nitrogen and oxygen atoms in total. The molecule has 0 unspecified atom stereocenters. The number of fused-ring (bicyclic) bond motifs is 8. The molecule has 0 N–H and O–H groups in total. The SMILES string of the molecule is CC1(C)CCC(C)(C)c2cc(-n3c4ccccc4c4c5c6ccccc6n(-c6nc(-c7ccccc7)nc(-c7ccc(-c8ccccc8)cc7)n6)c5ccc43)ccc21. The average Bonchev–Trinajstić information content (AvgIpc) is 3.79. The van der Waals surface area contributed by atoms with Crippen LogP contribution in [0.25, 0.3) is 89.2 Å². The minimum absolute atomic E-state index is 0.103. The van der Waals surface area contributed by atoms with Crippen molar-refractivity contribution in [2.75, 3.05) is 0 Å². The van der Waals surface area contributed by atoms with E-state index in [0.29, 0.717) is 17.6 Å². The molecule has 3 heterocycles. The van der Waals surface area contributed by atoms with Crippen molar-refractivity contribution in [3.05, 3.63) is 175 Å². The van der Waals surface area contributed by atoms with Crippen LogP contribution in [-0.2, 0) is 10.8 Å². The van der Waals surface area contributed by atoms with Gasteiger partial charge in [-0.05, 0) is 82.3 Å². The van der Waals surface area contributed by atoms with E-state index in [1.807, 2.05) is 24.3 Å². The van der Waals surface area contributed by atoms with Crippen molar-refractivity contribution in [2.45, 2.75) is 51.4 Å². The fourth-order valence-corrected chi connectivity index (χ4v) is 9.48. The molecule has 0 saturated heterocycles. The Hall–Kier alpha value is -6.85. The van der Waals surface area contributed by atoms with Gasteiger partial charge in [0.1, 0.15) is 0 Å². The van der Waals surface area contributed by atoms with Gasteiger partial charge in [-0.2, -0.15) is 9.97 Å². The van der Waals surface area contributed by atoms with Crippen LogP contribution in [-0.4, -0.2) is 24.1 Å². The van der Waals surface area contributed by atoms with Gasteiger partial charge in [0.25, 0.3) is 0 Å². The Labute approximate surface area is 338 Å². The first-order valence-corrected chi connectivity index (χ1v) is 20.3. The van der Waals surface area contributed by atoms with Crippen molar-refractivity contribution < 1.29 is 0 Å². The largest absolute Gasteiger partial charge is 0.309 e. The zero-order valence-corrected chi connectivity index (χ0v) is 33.2. The zero-order valence-electron chi connectivity index (χ0n) is 33.2. The van der Waals surface area contributed by atoms with Crippen molar-refractivity contribution in [3.8, 4) is 45.5 Å². The third kappa shape index (κ3) is 5.33. The maximum Gasteiger partial charge on any atom is 0.238 e. The minimum atomic E-state index is 0.103. The highest BCUT2D eigenvalue weighted by Crippen LogP contribution is 2.48. The van der Waals surface area contributed by atoms with Gasteiger partial charge in [-0.25, -0.2) is 4.98 Å². The van der Waals surface area contributed by atoms with E-state index in [1.54, 1.807) is 0 Å². The molecule has 0 spiro atoms. The quantitative estimate of drug-likeness (QED) is 0.176. The average molecular weight is 750 g/mol. The van der Waals surface area contributed by atoms with Crippen LogP contribution in [0.2, 0.25) is 0 Å². The predicted octanol–water partition coefficient (Wildman–Crippen LogP) is 13.4. The number of nitrogens with zero attached hydrogens (tertiary/aromatic N) is 5. The van der Waals surface area contributed by atoms with Crippen LogP contribution in [0.4, 0.5) is 0 Å². The maximum absolute atomic E-state index is 5.27. The smallest absolute Gasteiger partial charge is 0.238 e. The summed E-state index contributed by atoms with van der Waals surface area (Å²) in [4.78, 5) is 15.6. The van der Waals surface area contributed by atoms with Gasteiger partial charge in [0.2, 0.25) is 5.95 Å². The number of benzene rings is 7. The molecule has 0 radical (unpaired) electrons. The summed E-state index contributed by atoms with van der Waals surface area (Å²) in [5.74, 6) is 1.85. The first-order chi connectivity index (χ1) is 28.2. The standard InChI is InChI=1S/C53H43N5/c1-52(2)31-32-53(3,4)42-33-38(27-28-41(42)52)57-43-21-13-11-19-39(43)47-45(57)29-30-46-48(47)40-20-12-14-22-44(40)58(46)51-55-49(36-17-9-6-10-18-36)54-50(56-51)37-25-23-35(24-26-37)34-15-7-5-8-16-34/h5-30,33H,31-32H2,1-4H3. The fourth-order valence-electron chi connectivity index (χ4n) is 9.48. The third-order valence-corrected chi connectivity index (χ3v) is 12.7. The summed E-state index contributed by atoms with van der Waals surface area (Å²) in [6.45, 7) is 9.61. The first kappa shape index (κ1) is 34.4. The lowest BCUT2D eigenvalue weighted by Gasteiger charge is -2.42. The van der Waals surface area contributed by atoms with Crippen LogP contribution in [0.15, 0.2) is 164 Å². The Bertz CT molecular complexity index is 3210. The van der Waals surface area contributed by atoms with Gasteiger partial charge in [0, 0.05) is 38.4 Å². The zero-order chi connectivity index (χ0) is 39.2. The Morgan fingerprint density at radius 2 is 0.862 bits per heavy atom. The van der Waals surface area contributed by atoms with Gasteiger partial charge >= 0.3 is 0 Å². The van der Waals surface area contributed by atoms with Gasteiger partial charge in [0.15, 0.2) is 11.6 Å². The van der Waals surface area contributed by atoms with Crippen LogP contribution in [0.5, 0.6) is 0 Å². The van der Waals surface area contributed by atoms with Crippen LogP contribution in [0.3, 0.4) is 0 Å². The molecule has 0 amide bonds. The fraction of sp³-hybridized carbons (Fsp3) is 0.151. The van der Waals surface area contributed by atoms with Gasteiger partial charge < -0.3 is 4.57 Å². The lowest BCUT2D eigenvalue weighted by atomic mass is 9.63. The van der Waals surface area contributed by atoms with Gasteiger partial charge in [0.05, 0.1) is 22.1 Å². The summed E-state index contributed by atoms with van der Waals surface area (Å²) in [5.41, 5.74) is 13.1. The van der Waals surface area contributed by atoms with E-state index in [-0.39, 0.29) is 10.8 Å². The summed E-state index contributed by atoms with van der Waals surface area (Å²) in [6, 6.07) is 58.5. The molecule has 0 atom stereocenters. The lowest BCUT2D eigenvalue weighted by molar-refractivity contribution is 0.332. The Morgan fingerprint density at radius 3 is 1.48 bits per heavy atom. The summed E-state index contributed by atoms with van der Waals surface area (Å²) >= 11 is 0. The van der Waals surface area contributed by atoms with Crippen molar-refractivity contribution >= 4 is 43.6 Å². The molecule has 7 aromatic carbocycles. The monoisotopic (exact) mass is 749 g/mol. The summed E-state index contributed by atoms with van der Waals surface area (Å²) in [6.07, 6.45) is 2.37. The predicted molar refractivity (Wildman–Crippen MR) is 240 cm³/mol. The van der Waals surface area contributed by atoms with E-state index in [2.05, 4.69) is 176 Å². The molecule has 10 aromatic rings. The Kier molecular flexibility index (Phi) is 7.61. The van der Waals surface area contributed by atoms with E-state index in [0.717, 1.165) is 33.1 Å². The molecule has 5 heteroatoms. The van der Waals surface area contributed by atoms with Crippen molar-refractivity contribution in [1.82, 2.24) is 24.1 Å². The van der Waals surface area contributed by atoms with Crippen LogP contribution >= 0.6 is 0 Å². The molecular formula is C53H43N5. The summed E-state index contributed by atoms with van der Waals surface area (Å²) in [7, 11) is 0. The van der Waals surface area contributed by atoms with Gasteiger partial charge in [-0.1, -0.05) is 155 Å². The highest BCUT2D eigenvalue weighted by atomic mass is 15.2. The molecule has 0 aliphatic heterocycles. The molecule has 58 heavy (non-hydrogen) atoms. The van der Waals surface area contributed by atoms with E-state index < -0.39 is 0 Å². The van der Waals surface area contributed by atoms with Crippen molar-refractivity contribution in [1.29, 1.82) is 0 Å². The highest BCUT2D eigenvalue weighted by Gasteiger charge is 2.37. The number of hydrogen-bond acceptors (Lipinski definition) is 3. The van der Waals surface area contributed by atoms with E-state index in [9.17, 15) is 0 Å². The number of hydrogen-bond donors (Lipinski definition) is 0. The van der Waals surface area contributed by atoms with Crippen molar-refractivity contribution in [3.63, 3.8) is 0 Å². The third-order valence-electron chi connectivity index (χ3n) is 12.7. The molecule has 1 aliphatic carbocycles. The van der Waals surface area contributed by atoms with E-state index >= 15 is 0 Å². The molecule has 0 saturated carbocycles. The van der Waals surface area contributed by atoms with E-state index in [4.69, 9.17) is 15.0 Å². The van der Waals surface area contributed by atoms with Crippen LogP contribution < -0.4 is 0 Å². The second-order valence-electron chi connectivity index (χ2n) is 17.1. The molecule has 11 rings (SSSR count). The maximum atomic E-state index is 5.27. The molecule has 0 fully saturated rings. The molecule has 3 aromatic heterocycles. The number of rotatable bonds is 5. The lowest BCUT2D eigenvalue weighted by Crippen LogP contribution is -2.33. The number of aromatic nitrogens is 5. The van der Waals surface area contributed by atoms with Crippen LogP contribution in [0, 0.1) is 0 Å². The Morgan fingerprint density at radius 1 is 0.397 bits per heavy atom. The molecule has 1 aliphatic rings. The molecule has 280 valence electrons. The normalized spacial score (nSPS) is 14.7. The second-order valence-corrected chi connectivity index (χ2v) is 17.1. The number of para-hydroxylation sites is 2. The first-order valence-electron chi connectivity index (χ1n) is 20.3. The molecule has 0 bridgehead atoms. The minimum Gasteiger partial charge on any atom is -0.309 e. The van der Waals surface area contributed by atoms with Gasteiger partial charge in [-0.15, -0.1) is 0 Å². The Balaban J connectivity index is 1.16. The van der Waals surface area contributed by atoms with Crippen LogP contribution in [0.1, 0.15) is 51.7 Å². The van der Waals surface area contributed by atoms with Crippen molar-refractivity contribution in [2.24, 2.45) is 0 Å². The van der Waals surface area contributed by atoms with E-state index in [1.165, 1.54) is 62.4 Å².